The summed E-state index contributed by atoms with van der Waals surface area (Å²) in [5.41, 5.74) is 0.812. The molecule has 6 heteroatoms. The van der Waals surface area contributed by atoms with Gasteiger partial charge in [0.25, 0.3) is 0 Å². The van der Waals surface area contributed by atoms with Gasteiger partial charge in [0.1, 0.15) is 0 Å². The van der Waals surface area contributed by atoms with Gasteiger partial charge in [0.15, 0.2) is 5.96 Å². The fraction of sp³-hybridized carbons (Fsp3) is 0.611. The van der Waals surface area contributed by atoms with Gasteiger partial charge in [0, 0.05) is 31.3 Å². The van der Waals surface area contributed by atoms with Crippen LogP contribution in [0.25, 0.3) is 0 Å². The van der Waals surface area contributed by atoms with Crippen molar-refractivity contribution in [2.24, 2.45) is 10.9 Å². The lowest BCUT2D eigenvalue weighted by Crippen LogP contribution is -2.38. The van der Waals surface area contributed by atoms with Crippen molar-refractivity contribution in [2.45, 2.75) is 32.3 Å². The molecule has 1 saturated carbocycles. The van der Waals surface area contributed by atoms with Gasteiger partial charge in [0.05, 0.1) is 12.6 Å². The third-order valence-electron chi connectivity index (χ3n) is 3.83. The second-order valence-electron chi connectivity index (χ2n) is 6.09. The van der Waals surface area contributed by atoms with Crippen LogP contribution in [-0.2, 0) is 4.74 Å². The summed E-state index contributed by atoms with van der Waals surface area (Å²) in [6, 6.07) is 7.18. The summed E-state index contributed by atoms with van der Waals surface area (Å²) in [5.74, 6) is 1.53. The number of guanidine groups is 1. The highest BCUT2D eigenvalue weighted by Crippen LogP contribution is 2.28. The summed E-state index contributed by atoms with van der Waals surface area (Å²) >= 11 is 5.86. The maximum absolute atomic E-state index is 10.2. The zero-order valence-corrected chi connectivity index (χ0v) is 15.1. The average molecular weight is 354 g/mol. The van der Waals surface area contributed by atoms with Crippen LogP contribution >= 0.6 is 11.6 Å². The van der Waals surface area contributed by atoms with Gasteiger partial charge in [-0.05, 0) is 49.8 Å². The number of aliphatic hydroxyl groups is 1. The van der Waals surface area contributed by atoms with Crippen LogP contribution in [0.2, 0.25) is 5.02 Å². The molecule has 0 heterocycles. The van der Waals surface area contributed by atoms with Gasteiger partial charge in [-0.25, -0.2) is 0 Å². The molecule has 2 rings (SSSR count). The van der Waals surface area contributed by atoms with Gasteiger partial charge in [-0.2, -0.15) is 0 Å². The van der Waals surface area contributed by atoms with Crippen LogP contribution in [0, 0.1) is 5.92 Å². The Kier molecular flexibility index (Phi) is 8.36. The van der Waals surface area contributed by atoms with E-state index < -0.39 is 6.10 Å². The highest BCUT2D eigenvalue weighted by Gasteiger charge is 2.20. The Morgan fingerprint density at radius 2 is 2.08 bits per heavy atom. The van der Waals surface area contributed by atoms with Crippen molar-refractivity contribution in [3.63, 3.8) is 0 Å². The molecule has 1 aromatic rings. The summed E-state index contributed by atoms with van der Waals surface area (Å²) in [7, 11) is 0. The molecule has 0 aliphatic heterocycles. The molecule has 0 spiro atoms. The van der Waals surface area contributed by atoms with Gasteiger partial charge in [0.2, 0.25) is 0 Å². The first kappa shape index (κ1) is 19.0. The topological polar surface area (TPSA) is 65.9 Å². The van der Waals surface area contributed by atoms with Crippen molar-refractivity contribution >= 4 is 17.6 Å². The van der Waals surface area contributed by atoms with Crippen molar-refractivity contribution in [3.8, 4) is 0 Å². The molecule has 1 aliphatic carbocycles. The molecule has 1 unspecified atom stereocenters. The molecule has 3 N–H and O–H groups in total. The lowest BCUT2D eigenvalue weighted by Gasteiger charge is -2.13. The molecule has 5 nitrogen and oxygen atoms in total. The minimum Gasteiger partial charge on any atom is -0.386 e. The molecular formula is C18H28ClN3O2. The van der Waals surface area contributed by atoms with Crippen molar-refractivity contribution in [1.82, 2.24) is 10.6 Å². The van der Waals surface area contributed by atoms with Crippen molar-refractivity contribution in [2.75, 3.05) is 32.8 Å². The predicted molar refractivity (Wildman–Crippen MR) is 98.6 cm³/mol. The number of nitrogens with zero attached hydrogens (tertiary/aromatic N) is 1. The standard InChI is InChI=1S/C18H28ClN3O2/c1-2-20-18(21-10-3-11-24-13-14-4-5-14)22-12-17(23)15-6-8-16(19)9-7-15/h6-9,14,17,23H,2-5,10-13H2,1H3,(H2,20,21,22). The summed E-state index contributed by atoms with van der Waals surface area (Å²) in [6.07, 6.45) is 2.95. The number of aliphatic imine (C=N–C) groups is 1. The van der Waals surface area contributed by atoms with E-state index in [1.807, 2.05) is 19.1 Å². The number of aliphatic hydroxyl groups excluding tert-OH is 1. The highest BCUT2D eigenvalue weighted by molar-refractivity contribution is 6.30. The van der Waals surface area contributed by atoms with Crippen LogP contribution < -0.4 is 10.6 Å². The molecule has 1 aromatic carbocycles. The third-order valence-corrected chi connectivity index (χ3v) is 4.08. The van der Waals surface area contributed by atoms with Gasteiger partial charge in [-0.3, -0.25) is 4.99 Å². The SMILES string of the molecule is CCNC(=NCC(O)c1ccc(Cl)cc1)NCCCOCC1CC1. The van der Waals surface area contributed by atoms with E-state index >= 15 is 0 Å². The lowest BCUT2D eigenvalue weighted by atomic mass is 10.1. The predicted octanol–water partition coefficient (Wildman–Crippen LogP) is 2.75. The van der Waals surface area contributed by atoms with Gasteiger partial charge >= 0.3 is 0 Å². The van der Waals surface area contributed by atoms with E-state index in [-0.39, 0.29) is 0 Å². The molecule has 0 saturated heterocycles. The Bertz CT molecular complexity index is 503. The van der Waals surface area contributed by atoms with Crippen LogP contribution in [0.4, 0.5) is 0 Å². The molecule has 0 radical (unpaired) electrons. The fourth-order valence-electron chi connectivity index (χ4n) is 2.23. The Balaban J connectivity index is 1.69. The Morgan fingerprint density at radius 1 is 1.33 bits per heavy atom. The van der Waals surface area contributed by atoms with E-state index in [9.17, 15) is 5.11 Å². The minimum absolute atomic E-state index is 0.301. The van der Waals surface area contributed by atoms with Crippen LogP contribution in [0.15, 0.2) is 29.3 Å². The van der Waals surface area contributed by atoms with Crippen molar-refractivity contribution in [3.05, 3.63) is 34.9 Å². The summed E-state index contributed by atoms with van der Waals surface area (Å²) in [5, 5.41) is 17.3. The molecule has 0 aromatic heterocycles. The van der Waals surface area contributed by atoms with E-state index in [2.05, 4.69) is 15.6 Å². The molecule has 1 atom stereocenters. The number of hydrogen-bond donors (Lipinski definition) is 3. The van der Waals surface area contributed by atoms with E-state index in [0.29, 0.717) is 17.5 Å². The summed E-state index contributed by atoms with van der Waals surface area (Å²) < 4.78 is 5.61. The molecular weight excluding hydrogens is 326 g/mol. The highest BCUT2D eigenvalue weighted by atomic mass is 35.5. The maximum Gasteiger partial charge on any atom is 0.191 e. The van der Waals surface area contributed by atoms with Crippen molar-refractivity contribution < 1.29 is 9.84 Å². The number of ether oxygens (including phenoxy) is 1. The van der Waals surface area contributed by atoms with Gasteiger partial charge in [-0.1, -0.05) is 23.7 Å². The zero-order chi connectivity index (χ0) is 17.2. The third kappa shape index (κ3) is 7.51. The molecule has 134 valence electrons. The number of hydrogen-bond acceptors (Lipinski definition) is 3. The van der Waals surface area contributed by atoms with Crippen LogP contribution in [-0.4, -0.2) is 43.9 Å². The number of rotatable bonds is 10. The number of halogens is 1. The Hall–Kier alpha value is -1.30. The minimum atomic E-state index is -0.639. The lowest BCUT2D eigenvalue weighted by molar-refractivity contribution is 0.123. The smallest absolute Gasteiger partial charge is 0.191 e. The largest absolute Gasteiger partial charge is 0.386 e. The first-order valence-electron chi connectivity index (χ1n) is 8.72. The second kappa shape index (κ2) is 10.5. The monoisotopic (exact) mass is 353 g/mol. The summed E-state index contributed by atoms with van der Waals surface area (Å²) in [4.78, 5) is 4.44. The molecule has 24 heavy (non-hydrogen) atoms. The Labute approximate surface area is 149 Å². The quantitative estimate of drug-likeness (QED) is 0.344. The van der Waals surface area contributed by atoms with E-state index in [0.717, 1.165) is 44.2 Å². The fourth-order valence-corrected chi connectivity index (χ4v) is 2.35. The number of benzene rings is 1. The van der Waals surface area contributed by atoms with Crippen molar-refractivity contribution in [1.29, 1.82) is 0 Å². The van der Waals surface area contributed by atoms with Crippen LogP contribution in [0.5, 0.6) is 0 Å². The second-order valence-corrected chi connectivity index (χ2v) is 6.52. The Morgan fingerprint density at radius 3 is 2.75 bits per heavy atom. The van der Waals surface area contributed by atoms with Gasteiger partial charge in [-0.15, -0.1) is 0 Å². The van der Waals surface area contributed by atoms with Crippen LogP contribution in [0.3, 0.4) is 0 Å². The molecule has 0 bridgehead atoms. The van der Waals surface area contributed by atoms with Gasteiger partial charge < -0.3 is 20.5 Å². The normalized spacial score (nSPS) is 16.0. The summed E-state index contributed by atoms with van der Waals surface area (Å²) in [6.45, 7) is 5.58. The first-order chi connectivity index (χ1) is 11.7. The van der Waals surface area contributed by atoms with E-state index in [4.69, 9.17) is 16.3 Å². The zero-order valence-electron chi connectivity index (χ0n) is 14.3. The van der Waals surface area contributed by atoms with E-state index in [1.165, 1.54) is 12.8 Å². The molecule has 0 amide bonds. The average Bonchev–Trinajstić information content (AvgIpc) is 3.40. The number of nitrogens with one attached hydrogen (secondary N) is 2. The molecule has 1 aliphatic rings. The molecule has 1 fully saturated rings. The maximum atomic E-state index is 10.2. The first-order valence-corrected chi connectivity index (χ1v) is 9.10. The van der Waals surface area contributed by atoms with Crippen LogP contribution in [0.1, 0.15) is 37.9 Å². The van der Waals surface area contributed by atoms with E-state index in [1.54, 1.807) is 12.1 Å².